The Kier molecular flexibility index (Phi) is 4.05. The van der Waals surface area contributed by atoms with E-state index in [9.17, 15) is 5.11 Å². The Bertz CT molecular complexity index is 485. The number of ether oxygens (including phenoxy) is 1. The molecule has 1 N–H and O–H groups in total. The predicted molar refractivity (Wildman–Crippen MR) is 69.8 cm³/mol. The van der Waals surface area contributed by atoms with Gasteiger partial charge in [-0.1, -0.05) is 19.1 Å². The van der Waals surface area contributed by atoms with E-state index >= 15 is 0 Å². The Morgan fingerprint density at radius 1 is 1.17 bits per heavy atom. The van der Waals surface area contributed by atoms with Gasteiger partial charge in [0.1, 0.15) is 17.6 Å². The summed E-state index contributed by atoms with van der Waals surface area (Å²) in [6.45, 7) is 4.60. The van der Waals surface area contributed by atoms with Gasteiger partial charge in [0.05, 0.1) is 12.9 Å². The molecular formula is C15H18O3. The summed E-state index contributed by atoms with van der Waals surface area (Å²) in [5.74, 6) is 1.65. The summed E-state index contributed by atoms with van der Waals surface area (Å²) >= 11 is 0. The summed E-state index contributed by atoms with van der Waals surface area (Å²) in [4.78, 5) is 0. The Morgan fingerprint density at radius 2 is 1.89 bits per heavy atom. The van der Waals surface area contributed by atoms with Crippen LogP contribution in [0.1, 0.15) is 36.8 Å². The fourth-order valence-corrected chi connectivity index (χ4v) is 1.97. The molecule has 0 amide bonds. The molecule has 2 rings (SSSR count). The van der Waals surface area contributed by atoms with E-state index in [1.165, 1.54) is 0 Å². The smallest absolute Gasteiger partial charge is 0.119 e. The lowest BCUT2D eigenvalue weighted by atomic mass is 10.0. The molecule has 0 aliphatic rings. The lowest BCUT2D eigenvalue weighted by Gasteiger charge is -2.11. The lowest BCUT2D eigenvalue weighted by molar-refractivity contribution is 0.217. The highest BCUT2D eigenvalue weighted by Gasteiger charge is 2.16. The first-order valence-corrected chi connectivity index (χ1v) is 6.23. The standard InChI is InChI=1S/C15H18O3/c1-3-14-13(9-10-18-14)15(16)11-5-7-12(8-6-11)17-4-2/h5-10,15-16H,3-4H2,1-2H3. The Labute approximate surface area is 107 Å². The van der Waals surface area contributed by atoms with Crippen LogP contribution in [-0.2, 0) is 6.42 Å². The number of furan rings is 1. The molecular weight excluding hydrogens is 228 g/mol. The van der Waals surface area contributed by atoms with E-state index in [1.807, 2.05) is 44.2 Å². The van der Waals surface area contributed by atoms with Crippen LogP contribution in [0.15, 0.2) is 41.0 Å². The fraction of sp³-hybridized carbons (Fsp3) is 0.333. The SMILES string of the molecule is CCOc1ccc(C(O)c2ccoc2CC)cc1. The van der Waals surface area contributed by atoms with Crippen LogP contribution >= 0.6 is 0 Å². The van der Waals surface area contributed by atoms with Crippen molar-refractivity contribution in [2.45, 2.75) is 26.4 Å². The van der Waals surface area contributed by atoms with E-state index in [-0.39, 0.29) is 0 Å². The van der Waals surface area contributed by atoms with Gasteiger partial charge in [-0.05, 0) is 30.7 Å². The minimum absolute atomic E-state index is 0.642. The van der Waals surface area contributed by atoms with Gasteiger partial charge in [-0.2, -0.15) is 0 Å². The van der Waals surface area contributed by atoms with Gasteiger partial charge in [0.25, 0.3) is 0 Å². The van der Waals surface area contributed by atoms with Crippen molar-refractivity contribution in [3.8, 4) is 5.75 Å². The highest BCUT2D eigenvalue weighted by molar-refractivity contribution is 5.35. The van der Waals surface area contributed by atoms with Crippen LogP contribution in [0.25, 0.3) is 0 Å². The van der Waals surface area contributed by atoms with Crippen molar-refractivity contribution >= 4 is 0 Å². The number of rotatable bonds is 5. The largest absolute Gasteiger partial charge is 0.494 e. The third kappa shape index (κ3) is 2.57. The van der Waals surface area contributed by atoms with Gasteiger partial charge in [0.2, 0.25) is 0 Å². The molecule has 0 saturated heterocycles. The number of benzene rings is 1. The predicted octanol–water partition coefficient (Wildman–Crippen LogP) is 3.32. The van der Waals surface area contributed by atoms with Crippen molar-refractivity contribution in [3.05, 3.63) is 53.5 Å². The van der Waals surface area contributed by atoms with E-state index in [1.54, 1.807) is 6.26 Å². The van der Waals surface area contributed by atoms with Gasteiger partial charge in [-0.25, -0.2) is 0 Å². The zero-order chi connectivity index (χ0) is 13.0. The van der Waals surface area contributed by atoms with E-state index < -0.39 is 6.10 Å². The van der Waals surface area contributed by atoms with E-state index in [2.05, 4.69) is 0 Å². The van der Waals surface area contributed by atoms with E-state index in [0.717, 1.165) is 29.1 Å². The number of aliphatic hydroxyl groups excluding tert-OH is 1. The van der Waals surface area contributed by atoms with Crippen LogP contribution < -0.4 is 4.74 Å². The maximum Gasteiger partial charge on any atom is 0.119 e. The average Bonchev–Trinajstić information content (AvgIpc) is 2.87. The van der Waals surface area contributed by atoms with Gasteiger partial charge in [0, 0.05) is 12.0 Å². The molecule has 0 aliphatic heterocycles. The van der Waals surface area contributed by atoms with Crippen molar-refractivity contribution in [2.24, 2.45) is 0 Å². The molecule has 96 valence electrons. The fourth-order valence-electron chi connectivity index (χ4n) is 1.97. The van der Waals surface area contributed by atoms with Crippen LogP contribution in [0.4, 0.5) is 0 Å². The molecule has 0 spiro atoms. The summed E-state index contributed by atoms with van der Waals surface area (Å²) < 4.78 is 10.7. The second kappa shape index (κ2) is 5.74. The van der Waals surface area contributed by atoms with Crippen LogP contribution in [0.3, 0.4) is 0 Å². The molecule has 1 aromatic heterocycles. The quantitative estimate of drug-likeness (QED) is 0.880. The minimum atomic E-state index is -0.644. The van der Waals surface area contributed by atoms with Crippen LogP contribution in [0, 0.1) is 0 Å². The minimum Gasteiger partial charge on any atom is -0.494 e. The summed E-state index contributed by atoms with van der Waals surface area (Å²) in [5.41, 5.74) is 1.68. The molecule has 1 atom stereocenters. The second-order valence-corrected chi connectivity index (χ2v) is 4.06. The molecule has 1 aromatic carbocycles. The van der Waals surface area contributed by atoms with Crippen molar-refractivity contribution < 1.29 is 14.3 Å². The summed E-state index contributed by atoms with van der Waals surface area (Å²) in [7, 11) is 0. The lowest BCUT2D eigenvalue weighted by Crippen LogP contribution is -2.01. The topological polar surface area (TPSA) is 42.6 Å². The van der Waals surface area contributed by atoms with Gasteiger partial charge in [0.15, 0.2) is 0 Å². The monoisotopic (exact) mass is 246 g/mol. The maximum absolute atomic E-state index is 10.3. The van der Waals surface area contributed by atoms with E-state index in [0.29, 0.717) is 6.61 Å². The summed E-state index contributed by atoms with van der Waals surface area (Å²) in [5, 5.41) is 10.3. The Hall–Kier alpha value is -1.74. The normalized spacial score (nSPS) is 12.4. The van der Waals surface area contributed by atoms with Crippen LogP contribution in [0.5, 0.6) is 5.75 Å². The number of aliphatic hydroxyl groups is 1. The molecule has 0 saturated carbocycles. The number of aryl methyl sites for hydroxylation is 1. The zero-order valence-electron chi connectivity index (χ0n) is 10.7. The first kappa shape index (κ1) is 12.7. The molecule has 2 aromatic rings. The molecule has 18 heavy (non-hydrogen) atoms. The third-order valence-electron chi connectivity index (χ3n) is 2.90. The molecule has 0 fully saturated rings. The second-order valence-electron chi connectivity index (χ2n) is 4.06. The molecule has 1 unspecified atom stereocenters. The molecule has 3 heteroatoms. The van der Waals surface area contributed by atoms with Crippen LogP contribution in [-0.4, -0.2) is 11.7 Å². The Balaban J connectivity index is 2.20. The zero-order valence-corrected chi connectivity index (χ0v) is 10.7. The first-order chi connectivity index (χ1) is 8.76. The van der Waals surface area contributed by atoms with Crippen molar-refractivity contribution in [1.29, 1.82) is 0 Å². The van der Waals surface area contributed by atoms with Crippen LogP contribution in [0.2, 0.25) is 0 Å². The molecule has 1 heterocycles. The summed E-state index contributed by atoms with van der Waals surface area (Å²) in [6.07, 6.45) is 1.75. The molecule has 0 bridgehead atoms. The number of hydrogen-bond acceptors (Lipinski definition) is 3. The van der Waals surface area contributed by atoms with Gasteiger partial charge in [-0.3, -0.25) is 0 Å². The van der Waals surface area contributed by atoms with Gasteiger partial charge in [-0.15, -0.1) is 0 Å². The Morgan fingerprint density at radius 3 is 2.50 bits per heavy atom. The summed E-state index contributed by atoms with van der Waals surface area (Å²) in [6, 6.07) is 9.31. The molecule has 0 radical (unpaired) electrons. The van der Waals surface area contributed by atoms with Gasteiger partial charge < -0.3 is 14.3 Å². The number of hydrogen-bond donors (Lipinski definition) is 1. The maximum atomic E-state index is 10.3. The average molecular weight is 246 g/mol. The van der Waals surface area contributed by atoms with Gasteiger partial charge >= 0.3 is 0 Å². The first-order valence-electron chi connectivity index (χ1n) is 6.23. The van der Waals surface area contributed by atoms with Crippen molar-refractivity contribution in [3.63, 3.8) is 0 Å². The van der Waals surface area contributed by atoms with Crippen molar-refractivity contribution in [1.82, 2.24) is 0 Å². The molecule has 0 aliphatic carbocycles. The molecule has 3 nitrogen and oxygen atoms in total. The van der Waals surface area contributed by atoms with E-state index in [4.69, 9.17) is 9.15 Å². The highest BCUT2D eigenvalue weighted by atomic mass is 16.5. The third-order valence-corrected chi connectivity index (χ3v) is 2.90. The highest BCUT2D eigenvalue weighted by Crippen LogP contribution is 2.27. The van der Waals surface area contributed by atoms with Crippen molar-refractivity contribution in [2.75, 3.05) is 6.61 Å².